The van der Waals surface area contributed by atoms with E-state index in [0.29, 0.717) is 29.7 Å². The van der Waals surface area contributed by atoms with Crippen molar-refractivity contribution in [1.82, 2.24) is 15.0 Å². The van der Waals surface area contributed by atoms with Gasteiger partial charge in [-0.2, -0.15) is 4.98 Å². The van der Waals surface area contributed by atoms with Crippen LogP contribution in [0.1, 0.15) is 35.1 Å². The van der Waals surface area contributed by atoms with Crippen molar-refractivity contribution in [3.63, 3.8) is 0 Å². The number of benzene rings is 2. The first-order chi connectivity index (χ1) is 13.9. The lowest BCUT2D eigenvalue weighted by molar-refractivity contribution is -0.384. The Bertz CT molecular complexity index is 1080. The van der Waals surface area contributed by atoms with Crippen molar-refractivity contribution < 1.29 is 14.2 Å². The maximum absolute atomic E-state index is 13.0. The van der Waals surface area contributed by atoms with Crippen molar-refractivity contribution in [2.24, 2.45) is 0 Å². The summed E-state index contributed by atoms with van der Waals surface area (Å²) < 4.78 is 5.42. The topological polar surface area (TPSA) is 102 Å². The highest BCUT2D eigenvalue weighted by molar-refractivity contribution is 6.34. The van der Waals surface area contributed by atoms with Crippen molar-refractivity contribution >= 4 is 34.8 Å². The molecule has 1 saturated heterocycles. The number of aromatic nitrogens is 2. The number of likely N-dealkylation sites (tertiary alicyclic amines) is 1. The number of nitro groups is 1. The minimum Gasteiger partial charge on any atom is -0.337 e. The lowest BCUT2D eigenvalue weighted by atomic mass is 10.1. The second-order valence-corrected chi connectivity index (χ2v) is 7.38. The van der Waals surface area contributed by atoms with Gasteiger partial charge in [0.1, 0.15) is 6.04 Å². The molecule has 2 aromatic carbocycles. The Morgan fingerprint density at radius 3 is 2.66 bits per heavy atom. The molecule has 1 aromatic heterocycles. The first-order valence-corrected chi connectivity index (χ1v) is 9.54. The molecule has 1 atom stereocenters. The molecule has 0 radical (unpaired) electrons. The molecule has 8 nitrogen and oxygen atoms in total. The normalized spacial score (nSPS) is 16.2. The van der Waals surface area contributed by atoms with Gasteiger partial charge in [0.15, 0.2) is 0 Å². The van der Waals surface area contributed by atoms with E-state index in [-0.39, 0.29) is 28.2 Å². The van der Waals surface area contributed by atoms with Gasteiger partial charge in [0.05, 0.1) is 15.5 Å². The SMILES string of the molecule is O=C(c1ccc([N+](=O)[O-])cc1Cl)N1CCCC1c1nc(-c2ccc(Cl)cc2)no1. The Kier molecular flexibility index (Phi) is 5.21. The summed E-state index contributed by atoms with van der Waals surface area (Å²) in [6.07, 6.45) is 1.43. The highest BCUT2D eigenvalue weighted by atomic mass is 35.5. The van der Waals surface area contributed by atoms with E-state index in [0.717, 1.165) is 12.0 Å². The second-order valence-electron chi connectivity index (χ2n) is 6.54. The van der Waals surface area contributed by atoms with Gasteiger partial charge in [-0.3, -0.25) is 14.9 Å². The lowest BCUT2D eigenvalue weighted by Crippen LogP contribution is -2.31. The summed E-state index contributed by atoms with van der Waals surface area (Å²) in [5.41, 5.74) is 0.773. The molecule has 4 rings (SSSR count). The predicted octanol–water partition coefficient (Wildman–Crippen LogP) is 4.93. The van der Waals surface area contributed by atoms with Crippen molar-refractivity contribution in [3.8, 4) is 11.4 Å². The Hall–Kier alpha value is -2.97. The van der Waals surface area contributed by atoms with Crippen LogP contribution in [0.3, 0.4) is 0 Å². The fourth-order valence-electron chi connectivity index (χ4n) is 3.30. The van der Waals surface area contributed by atoms with Crippen LogP contribution in [0.2, 0.25) is 10.0 Å². The predicted molar refractivity (Wildman–Crippen MR) is 106 cm³/mol. The molecule has 0 aliphatic carbocycles. The Balaban J connectivity index is 1.59. The van der Waals surface area contributed by atoms with E-state index in [9.17, 15) is 14.9 Å². The molecule has 2 heterocycles. The monoisotopic (exact) mass is 432 g/mol. The maximum Gasteiger partial charge on any atom is 0.270 e. The third-order valence-corrected chi connectivity index (χ3v) is 5.30. The van der Waals surface area contributed by atoms with Gasteiger partial charge in [-0.15, -0.1) is 0 Å². The van der Waals surface area contributed by atoms with Crippen molar-refractivity contribution in [2.75, 3.05) is 6.54 Å². The third-order valence-electron chi connectivity index (χ3n) is 4.74. The van der Waals surface area contributed by atoms with Crippen LogP contribution >= 0.6 is 23.2 Å². The zero-order valence-corrected chi connectivity index (χ0v) is 16.4. The van der Waals surface area contributed by atoms with Gasteiger partial charge < -0.3 is 9.42 Å². The summed E-state index contributed by atoms with van der Waals surface area (Å²) in [4.78, 5) is 29.4. The smallest absolute Gasteiger partial charge is 0.270 e. The second kappa shape index (κ2) is 7.81. The Labute approximate surface area is 175 Å². The molecule has 0 spiro atoms. The average Bonchev–Trinajstić information content (AvgIpc) is 3.37. The molecule has 3 aromatic rings. The summed E-state index contributed by atoms with van der Waals surface area (Å²) in [5.74, 6) is 0.404. The number of halogens is 2. The molecule has 10 heteroatoms. The number of hydrogen-bond acceptors (Lipinski definition) is 6. The van der Waals surface area contributed by atoms with Gasteiger partial charge in [0.2, 0.25) is 11.7 Å². The fourth-order valence-corrected chi connectivity index (χ4v) is 3.68. The molecule has 29 heavy (non-hydrogen) atoms. The fraction of sp³-hybridized carbons (Fsp3) is 0.211. The first kappa shape index (κ1) is 19.4. The number of nitrogens with zero attached hydrogens (tertiary/aromatic N) is 4. The number of rotatable bonds is 4. The molecule has 1 fully saturated rings. The van der Waals surface area contributed by atoms with E-state index < -0.39 is 4.92 Å². The van der Waals surface area contributed by atoms with Crippen molar-refractivity contribution in [3.05, 3.63) is 74.1 Å². The largest absolute Gasteiger partial charge is 0.337 e. The number of non-ortho nitro benzene ring substituents is 1. The summed E-state index contributed by atoms with van der Waals surface area (Å²) in [5, 5.41) is 15.5. The van der Waals surface area contributed by atoms with Gasteiger partial charge in [0.25, 0.3) is 11.6 Å². The number of carbonyl (C=O) groups excluding carboxylic acids is 1. The van der Waals surface area contributed by atoms with E-state index in [1.807, 2.05) is 0 Å². The van der Waals surface area contributed by atoms with Crippen LogP contribution in [0, 0.1) is 10.1 Å². The number of amides is 1. The summed E-state index contributed by atoms with van der Waals surface area (Å²) in [7, 11) is 0. The molecule has 1 unspecified atom stereocenters. The lowest BCUT2D eigenvalue weighted by Gasteiger charge is -2.22. The number of carbonyl (C=O) groups is 1. The molecular formula is C19H14Cl2N4O4. The summed E-state index contributed by atoms with van der Waals surface area (Å²) in [6.45, 7) is 0.496. The van der Waals surface area contributed by atoms with E-state index in [2.05, 4.69) is 10.1 Å². The van der Waals surface area contributed by atoms with Crippen LogP contribution in [0.5, 0.6) is 0 Å². The quantitative estimate of drug-likeness (QED) is 0.427. The van der Waals surface area contributed by atoms with E-state index in [1.54, 1.807) is 29.2 Å². The van der Waals surface area contributed by atoms with Crippen LogP contribution < -0.4 is 0 Å². The summed E-state index contributed by atoms with van der Waals surface area (Å²) >= 11 is 12.0. The minimum atomic E-state index is -0.560. The average molecular weight is 433 g/mol. The Morgan fingerprint density at radius 2 is 1.97 bits per heavy atom. The van der Waals surface area contributed by atoms with Gasteiger partial charge in [-0.1, -0.05) is 28.4 Å². The standard InChI is InChI=1S/C19H14Cl2N4O4/c20-12-5-3-11(4-6-12)17-22-18(29-23-17)16-2-1-9-24(16)19(26)14-8-7-13(25(27)28)10-15(14)21/h3-8,10,16H,1-2,9H2. The van der Waals surface area contributed by atoms with Gasteiger partial charge in [-0.25, -0.2) is 0 Å². The molecule has 148 valence electrons. The van der Waals surface area contributed by atoms with Gasteiger partial charge in [0, 0.05) is 29.3 Å². The van der Waals surface area contributed by atoms with Crippen LogP contribution in [-0.4, -0.2) is 32.4 Å². The van der Waals surface area contributed by atoms with E-state index in [4.69, 9.17) is 27.7 Å². The van der Waals surface area contributed by atoms with Gasteiger partial charge in [-0.05, 0) is 43.2 Å². The van der Waals surface area contributed by atoms with E-state index in [1.165, 1.54) is 18.2 Å². The Morgan fingerprint density at radius 1 is 1.21 bits per heavy atom. The van der Waals surface area contributed by atoms with E-state index >= 15 is 0 Å². The van der Waals surface area contributed by atoms with Crippen LogP contribution in [0.4, 0.5) is 5.69 Å². The van der Waals surface area contributed by atoms with Crippen LogP contribution in [0.15, 0.2) is 47.0 Å². The molecule has 0 saturated carbocycles. The molecule has 0 bridgehead atoms. The highest BCUT2D eigenvalue weighted by Gasteiger charge is 2.35. The van der Waals surface area contributed by atoms with Crippen LogP contribution in [0.25, 0.3) is 11.4 Å². The summed E-state index contributed by atoms with van der Waals surface area (Å²) in [6, 6.07) is 10.4. The third kappa shape index (κ3) is 3.81. The number of hydrogen-bond donors (Lipinski definition) is 0. The molecular weight excluding hydrogens is 419 g/mol. The van der Waals surface area contributed by atoms with Crippen molar-refractivity contribution in [1.29, 1.82) is 0 Å². The minimum absolute atomic E-state index is 0.0298. The number of nitro benzene ring substituents is 1. The van der Waals surface area contributed by atoms with Gasteiger partial charge >= 0.3 is 0 Å². The molecule has 0 N–H and O–H groups in total. The molecule has 1 aliphatic heterocycles. The van der Waals surface area contributed by atoms with Crippen LogP contribution in [-0.2, 0) is 0 Å². The molecule has 1 aliphatic rings. The zero-order chi connectivity index (χ0) is 20.5. The first-order valence-electron chi connectivity index (χ1n) is 8.78. The molecule has 1 amide bonds. The zero-order valence-electron chi connectivity index (χ0n) is 14.9. The van der Waals surface area contributed by atoms with Crippen molar-refractivity contribution in [2.45, 2.75) is 18.9 Å². The highest BCUT2D eigenvalue weighted by Crippen LogP contribution is 2.35. The maximum atomic E-state index is 13.0.